The van der Waals surface area contributed by atoms with Gasteiger partial charge in [-0.2, -0.15) is 0 Å². The second kappa shape index (κ2) is 5.38. The third kappa shape index (κ3) is 2.70. The van der Waals surface area contributed by atoms with Gasteiger partial charge in [-0.15, -0.1) is 0 Å². The van der Waals surface area contributed by atoms with Crippen LogP contribution in [-0.2, 0) is 0 Å². The summed E-state index contributed by atoms with van der Waals surface area (Å²) in [6.07, 6.45) is 3.11. The lowest BCUT2D eigenvalue weighted by molar-refractivity contribution is 0.116. The van der Waals surface area contributed by atoms with Crippen LogP contribution in [0.3, 0.4) is 0 Å². The molecule has 17 heavy (non-hydrogen) atoms. The summed E-state index contributed by atoms with van der Waals surface area (Å²) in [5.74, 6) is 1.40. The number of aliphatic hydroxyl groups excluding tert-OH is 1. The summed E-state index contributed by atoms with van der Waals surface area (Å²) in [4.78, 5) is 0. The number of benzene rings is 1. The van der Waals surface area contributed by atoms with Crippen LogP contribution in [0.25, 0.3) is 0 Å². The molecule has 4 nitrogen and oxygen atoms in total. The zero-order chi connectivity index (χ0) is 12.3. The van der Waals surface area contributed by atoms with E-state index in [2.05, 4.69) is 0 Å². The predicted molar refractivity (Wildman–Crippen MR) is 65.3 cm³/mol. The fourth-order valence-corrected chi connectivity index (χ4v) is 1.79. The van der Waals surface area contributed by atoms with Crippen LogP contribution in [-0.4, -0.2) is 24.9 Å². The maximum Gasteiger partial charge on any atom is 0.161 e. The van der Waals surface area contributed by atoms with Crippen molar-refractivity contribution >= 4 is 0 Å². The number of ether oxygens (including phenoxy) is 2. The standard InChI is InChI=1S/C13H19NO3/c1-16-13-7-9(11(15)8-14)5-6-12(13)17-10-3-2-4-10/h5-7,10-11,15H,2-4,8,14H2,1H3. The Labute approximate surface area is 101 Å². The fourth-order valence-electron chi connectivity index (χ4n) is 1.79. The molecule has 0 heterocycles. The molecular formula is C13H19NO3. The number of hydrogen-bond acceptors (Lipinski definition) is 4. The molecule has 3 N–H and O–H groups in total. The highest BCUT2D eigenvalue weighted by Gasteiger charge is 2.21. The third-order valence-electron chi connectivity index (χ3n) is 3.14. The van der Waals surface area contributed by atoms with E-state index in [0.29, 0.717) is 11.9 Å². The number of aliphatic hydroxyl groups is 1. The van der Waals surface area contributed by atoms with Gasteiger partial charge in [-0.3, -0.25) is 0 Å². The average molecular weight is 237 g/mol. The monoisotopic (exact) mass is 237 g/mol. The van der Waals surface area contributed by atoms with E-state index in [9.17, 15) is 5.11 Å². The molecule has 1 aliphatic carbocycles. The second-order valence-corrected chi connectivity index (χ2v) is 4.33. The van der Waals surface area contributed by atoms with Crippen LogP contribution < -0.4 is 15.2 Å². The minimum atomic E-state index is -0.651. The van der Waals surface area contributed by atoms with Crippen molar-refractivity contribution in [2.24, 2.45) is 5.73 Å². The number of rotatable bonds is 5. The second-order valence-electron chi connectivity index (χ2n) is 4.33. The highest BCUT2D eigenvalue weighted by Crippen LogP contribution is 2.34. The Balaban J connectivity index is 2.15. The number of methoxy groups -OCH3 is 1. The molecular weight excluding hydrogens is 218 g/mol. The lowest BCUT2D eigenvalue weighted by atomic mass is 9.96. The van der Waals surface area contributed by atoms with E-state index in [0.717, 1.165) is 24.2 Å². The highest BCUT2D eigenvalue weighted by atomic mass is 16.5. The Morgan fingerprint density at radius 3 is 2.71 bits per heavy atom. The van der Waals surface area contributed by atoms with E-state index in [-0.39, 0.29) is 6.54 Å². The zero-order valence-corrected chi connectivity index (χ0v) is 10.1. The van der Waals surface area contributed by atoms with Gasteiger partial charge in [-0.1, -0.05) is 6.07 Å². The van der Waals surface area contributed by atoms with Crippen LogP contribution in [0.5, 0.6) is 11.5 Å². The molecule has 0 aliphatic heterocycles. The normalized spacial score (nSPS) is 17.4. The molecule has 2 rings (SSSR count). The van der Waals surface area contributed by atoms with Gasteiger partial charge in [0.1, 0.15) is 0 Å². The minimum Gasteiger partial charge on any atom is -0.493 e. The van der Waals surface area contributed by atoms with E-state index in [4.69, 9.17) is 15.2 Å². The summed E-state index contributed by atoms with van der Waals surface area (Å²) in [6.45, 7) is 0.200. The molecule has 0 aromatic heterocycles. The molecule has 94 valence electrons. The Bertz CT molecular complexity index is 377. The molecule has 4 heteroatoms. The van der Waals surface area contributed by atoms with Crippen LogP contribution in [0.2, 0.25) is 0 Å². The summed E-state index contributed by atoms with van der Waals surface area (Å²) < 4.78 is 11.1. The quantitative estimate of drug-likeness (QED) is 0.816. The van der Waals surface area contributed by atoms with Gasteiger partial charge < -0.3 is 20.3 Å². The van der Waals surface area contributed by atoms with Gasteiger partial charge in [0.2, 0.25) is 0 Å². The van der Waals surface area contributed by atoms with E-state index in [1.54, 1.807) is 13.2 Å². The highest BCUT2D eigenvalue weighted by molar-refractivity contribution is 5.43. The fraction of sp³-hybridized carbons (Fsp3) is 0.538. The van der Waals surface area contributed by atoms with Crippen LogP contribution >= 0.6 is 0 Å². The van der Waals surface area contributed by atoms with Crippen LogP contribution in [0, 0.1) is 0 Å². The van der Waals surface area contributed by atoms with Crippen LogP contribution in [0.15, 0.2) is 18.2 Å². The van der Waals surface area contributed by atoms with E-state index < -0.39 is 6.10 Å². The number of nitrogens with two attached hydrogens (primary N) is 1. The first-order valence-electron chi connectivity index (χ1n) is 5.97. The molecule has 1 saturated carbocycles. The molecule has 0 radical (unpaired) electrons. The maximum atomic E-state index is 9.66. The largest absolute Gasteiger partial charge is 0.493 e. The smallest absolute Gasteiger partial charge is 0.161 e. The van der Waals surface area contributed by atoms with Crippen molar-refractivity contribution in [2.75, 3.05) is 13.7 Å². The van der Waals surface area contributed by atoms with Gasteiger partial charge >= 0.3 is 0 Å². The maximum absolute atomic E-state index is 9.66. The van der Waals surface area contributed by atoms with Crippen molar-refractivity contribution in [2.45, 2.75) is 31.5 Å². The molecule has 1 aromatic rings. The lowest BCUT2D eigenvalue weighted by Crippen LogP contribution is -2.24. The summed E-state index contributed by atoms with van der Waals surface area (Å²) in [6, 6.07) is 5.45. The topological polar surface area (TPSA) is 64.7 Å². The first-order valence-corrected chi connectivity index (χ1v) is 5.97. The molecule has 1 atom stereocenters. The molecule has 1 aromatic carbocycles. The van der Waals surface area contributed by atoms with Crippen molar-refractivity contribution in [3.63, 3.8) is 0 Å². The number of hydrogen-bond donors (Lipinski definition) is 2. The van der Waals surface area contributed by atoms with E-state index >= 15 is 0 Å². The van der Waals surface area contributed by atoms with Crippen molar-refractivity contribution in [3.05, 3.63) is 23.8 Å². The molecule has 0 amide bonds. The molecule has 0 bridgehead atoms. The van der Waals surface area contributed by atoms with Gasteiger partial charge in [-0.25, -0.2) is 0 Å². The lowest BCUT2D eigenvalue weighted by Gasteiger charge is -2.27. The first-order chi connectivity index (χ1) is 8.24. The zero-order valence-electron chi connectivity index (χ0n) is 10.1. The van der Waals surface area contributed by atoms with Gasteiger partial charge in [0, 0.05) is 6.54 Å². The summed E-state index contributed by atoms with van der Waals surface area (Å²) in [5.41, 5.74) is 6.18. The van der Waals surface area contributed by atoms with E-state index in [1.165, 1.54) is 6.42 Å². The van der Waals surface area contributed by atoms with Crippen molar-refractivity contribution in [1.82, 2.24) is 0 Å². The molecule has 1 fully saturated rings. The molecule has 1 unspecified atom stereocenters. The van der Waals surface area contributed by atoms with Crippen LogP contribution in [0.1, 0.15) is 30.9 Å². The molecule has 0 saturated heterocycles. The van der Waals surface area contributed by atoms with Gasteiger partial charge in [0.25, 0.3) is 0 Å². The van der Waals surface area contributed by atoms with Gasteiger partial charge in [-0.05, 0) is 37.0 Å². The Hall–Kier alpha value is -1.26. The van der Waals surface area contributed by atoms with Crippen LogP contribution in [0.4, 0.5) is 0 Å². The SMILES string of the molecule is COc1cc(C(O)CN)ccc1OC1CCC1. The van der Waals surface area contributed by atoms with Crippen molar-refractivity contribution in [3.8, 4) is 11.5 Å². The van der Waals surface area contributed by atoms with Gasteiger partial charge in [0.05, 0.1) is 19.3 Å². The summed E-state index contributed by atoms with van der Waals surface area (Å²) in [7, 11) is 1.60. The molecule has 0 spiro atoms. The first kappa shape index (κ1) is 12.2. The summed E-state index contributed by atoms with van der Waals surface area (Å²) >= 11 is 0. The van der Waals surface area contributed by atoms with Crippen molar-refractivity contribution < 1.29 is 14.6 Å². The average Bonchev–Trinajstić information content (AvgIpc) is 2.32. The van der Waals surface area contributed by atoms with Gasteiger partial charge in [0.15, 0.2) is 11.5 Å². The third-order valence-corrected chi connectivity index (χ3v) is 3.14. The molecule has 1 aliphatic rings. The Morgan fingerprint density at radius 2 is 2.18 bits per heavy atom. The Kier molecular flexibility index (Phi) is 3.86. The minimum absolute atomic E-state index is 0.200. The Morgan fingerprint density at radius 1 is 1.41 bits per heavy atom. The van der Waals surface area contributed by atoms with Crippen molar-refractivity contribution in [1.29, 1.82) is 0 Å². The van der Waals surface area contributed by atoms with E-state index in [1.807, 2.05) is 12.1 Å². The summed E-state index contributed by atoms with van der Waals surface area (Å²) in [5, 5.41) is 9.66. The predicted octanol–water partition coefficient (Wildman–Crippen LogP) is 1.62.